The van der Waals surface area contributed by atoms with Crippen LogP contribution in [0.4, 0.5) is 10.5 Å². The maximum atomic E-state index is 14.4. The number of amides is 3. The van der Waals surface area contributed by atoms with Gasteiger partial charge in [-0.3, -0.25) is 9.59 Å². The second-order valence-corrected chi connectivity index (χ2v) is 13.1. The molecule has 2 atom stereocenters. The van der Waals surface area contributed by atoms with Crippen LogP contribution in [0, 0.1) is 12.8 Å². The molecule has 0 aliphatic rings. The van der Waals surface area contributed by atoms with Crippen molar-refractivity contribution in [3.05, 3.63) is 77.9 Å². The normalized spacial score (nSPS) is 13.4. The molecule has 2 N–H and O–H groups in total. The van der Waals surface area contributed by atoms with Crippen molar-refractivity contribution in [2.75, 3.05) is 5.32 Å². The first-order valence-electron chi connectivity index (χ1n) is 14.2. The van der Waals surface area contributed by atoms with E-state index in [0.717, 1.165) is 16.3 Å². The molecule has 0 aliphatic heterocycles. The highest BCUT2D eigenvalue weighted by Crippen LogP contribution is 2.32. The van der Waals surface area contributed by atoms with Crippen LogP contribution in [0.2, 0.25) is 0 Å². The maximum Gasteiger partial charge on any atom is 0.408 e. The molecule has 3 aromatic rings. The van der Waals surface area contributed by atoms with Crippen molar-refractivity contribution in [1.82, 2.24) is 10.2 Å². The highest BCUT2D eigenvalue weighted by atomic mass is 16.6. The van der Waals surface area contributed by atoms with Gasteiger partial charge in [-0.25, -0.2) is 4.79 Å². The Balaban J connectivity index is 2.06. The van der Waals surface area contributed by atoms with Crippen molar-refractivity contribution in [2.24, 2.45) is 5.92 Å². The summed E-state index contributed by atoms with van der Waals surface area (Å²) in [6.07, 6.45) is -0.282. The van der Waals surface area contributed by atoms with Crippen LogP contribution < -0.4 is 10.6 Å². The summed E-state index contributed by atoms with van der Waals surface area (Å²) in [5.74, 6) is -0.589. The Morgan fingerprint density at radius 3 is 2.02 bits per heavy atom. The van der Waals surface area contributed by atoms with Gasteiger partial charge in [-0.05, 0) is 89.3 Å². The van der Waals surface area contributed by atoms with Gasteiger partial charge < -0.3 is 20.3 Å². The van der Waals surface area contributed by atoms with Gasteiger partial charge in [-0.15, -0.1) is 0 Å². The number of hydrogen-bond donors (Lipinski definition) is 2. The number of hydrogen-bond acceptors (Lipinski definition) is 4. The standard InChI is InChI=1S/C34H45N3O4/c1-22(2)20-28(36-32(40)41-34(7,8)9)31(39)37(33(4,5)6)29(25-16-14-23(3)15-17-25)30(38)35-27-19-18-24-12-10-11-13-26(24)21-27/h10-19,21-22,28-29H,20H2,1-9H3,(H,35,38)(H,36,40). The van der Waals surface area contributed by atoms with E-state index in [1.165, 1.54) is 0 Å². The van der Waals surface area contributed by atoms with Crippen LogP contribution in [0.5, 0.6) is 0 Å². The van der Waals surface area contributed by atoms with Gasteiger partial charge >= 0.3 is 6.09 Å². The number of fused-ring (bicyclic) bond motifs is 1. The smallest absolute Gasteiger partial charge is 0.408 e. The number of rotatable bonds is 8. The molecule has 41 heavy (non-hydrogen) atoms. The lowest BCUT2D eigenvalue weighted by molar-refractivity contribution is -0.147. The Morgan fingerprint density at radius 1 is 0.854 bits per heavy atom. The number of benzene rings is 3. The van der Waals surface area contributed by atoms with E-state index < -0.39 is 29.3 Å². The highest BCUT2D eigenvalue weighted by Gasteiger charge is 2.42. The van der Waals surface area contributed by atoms with Crippen molar-refractivity contribution < 1.29 is 19.1 Å². The lowest BCUT2D eigenvalue weighted by atomic mass is 9.93. The molecule has 0 heterocycles. The summed E-state index contributed by atoms with van der Waals surface area (Å²) in [6, 6.07) is 19.5. The van der Waals surface area contributed by atoms with Crippen LogP contribution >= 0.6 is 0 Å². The molecule has 7 nitrogen and oxygen atoms in total. The molecule has 0 aliphatic carbocycles. The number of alkyl carbamates (subject to hydrolysis) is 1. The van der Waals surface area contributed by atoms with Crippen LogP contribution in [0.25, 0.3) is 10.8 Å². The van der Waals surface area contributed by atoms with Crippen LogP contribution in [0.3, 0.4) is 0 Å². The van der Waals surface area contributed by atoms with Crippen molar-refractivity contribution in [3.63, 3.8) is 0 Å². The summed E-state index contributed by atoms with van der Waals surface area (Å²) in [6.45, 7) is 17.0. The van der Waals surface area contributed by atoms with Gasteiger partial charge in [0.15, 0.2) is 0 Å². The Morgan fingerprint density at radius 2 is 1.46 bits per heavy atom. The molecule has 0 saturated heterocycles. The van der Waals surface area contributed by atoms with E-state index in [2.05, 4.69) is 10.6 Å². The molecule has 3 aromatic carbocycles. The lowest BCUT2D eigenvalue weighted by Crippen LogP contribution is -2.58. The molecular formula is C34H45N3O4. The first-order valence-corrected chi connectivity index (χ1v) is 14.2. The van der Waals surface area contributed by atoms with E-state index in [-0.39, 0.29) is 17.7 Å². The number of carbonyl (C=O) groups is 3. The van der Waals surface area contributed by atoms with Crippen LogP contribution in [0.15, 0.2) is 66.7 Å². The van der Waals surface area contributed by atoms with Crippen molar-refractivity contribution in [1.29, 1.82) is 0 Å². The molecule has 0 radical (unpaired) electrons. The van der Waals surface area contributed by atoms with Crippen molar-refractivity contribution in [2.45, 2.75) is 92.0 Å². The molecule has 0 fully saturated rings. The fraction of sp³-hybridized carbons (Fsp3) is 0.441. The predicted molar refractivity (Wildman–Crippen MR) is 166 cm³/mol. The SMILES string of the molecule is Cc1ccc(C(C(=O)Nc2ccc3ccccc3c2)N(C(=O)C(CC(C)C)NC(=O)OC(C)(C)C)C(C)(C)C)cc1. The first-order chi connectivity index (χ1) is 19.0. The summed E-state index contributed by atoms with van der Waals surface area (Å²) >= 11 is 0. The maximum absolute atomic E-state index is 14.4. The number of nitrogens with one attached hydrogen (secondary N) is 2. The summed E-state index contributed by atoms with van der Waals surface area (Å²) in [4.78, 5) is 43.0. The van der Waals surface area contributed by atoms with E-state index in [0.29, 0.717) is 17.7 Å². The first kappa shape index (κ1) is 31.7. The number of aryl methyl sites for hydroxylation is 1. The minimum atomic E-state index is -0.954. The number of carbonyl (C=O) groups excluding carboxylic acids is 3. The van der Waals surface area contributed by atoms with Gasteiger partial charge in [-0.1, -0.05) is 74.0 Å². The molecule has 2 unspecified atom stereocenters. The molecular weight excluding hydrogens is 514 g/mol. The van der Waals surface area contributed by atoms with Crippen LogP contribution in [-0.2, 0) is 14.3 Å². The minimum Gasteiger partial charge on any atom is -0.444 e. The zero-order valence-corrected chi connectivity index (χ0v) is 25.9. The molecule has 0 aromatic heterocycles. The number of nitrogens with zero attached hydrogens (tertiary/aromatic N) is 1. The summed E-state index contributed by atoms with van der Waals surface area (Å²) in [5.41, 5.74) is 0.873. The van der Waals surface area contributed by atoms with E-state index in [4.69, 9.17) is 4.74 Å². The highest BCUT2D eigenvalue weighted by molar-refractivity contribution is 6.00. The fourth-order valence-corrected chi connectivity index (χ4v) is 4.80. The quantitative estimate of drug-likeness (QED) is 0.301. The number of anilines is 1. The Bertz CT molecular complexity index is 1370. The van der Waals surface area contributed by atoms with Gasteiger partial charge in [-0.2, -0.15) is 0 Å². The molecule has 0 spiro atoms. The third-order valence-corrected chi connectivity index (χ3v) is 6.57. The minimum absolute atomic E-state index is 0.102. The van der Waals surface area contributed by atoms with Crippen molar-refractivity contribution >= 4 is 34.4 Å². The predicted octanol–water partition coefficient (Wildman–Crippen LogP) is 7.39. The third-order valence-electron chi connectivity index (χ3n) is 6.57. The lowest BCUT2D eigenvalue weighted by Gasteiger charge is -2.43. The van der Waals surface area contributed by atoms with E-state index >= 15 is 0 Å². The van der Waals surface area contributed by atoms with Gasteiger partial charge in [0.1, 0.15) is 17.7 Å². The Kier molecular flexibility index (Phi) is 9.85. The molecule has 7 heteroatoms. The zero-order chi connectivity index (χ0) is 30.5. The zero-order valence-electron chi connectivity index (χ0n) is 25.9. The van der Waals surface area contributed by atoms with E-state index in [1.54, 1.807) is 25.7 Å². The monoisotopic (exact) mass is 559 g/mol. The largest absolute Gasteiger partial charge is 0.444 e. The average Bonchev–Trinajstić information content (AvgIpc) is 2.85. The third kappa shape index (κ3) is 8.81. The van der Waals surface area contributed by atoms with Gasteiger partial charge in [0.2, 0.25) is 5.91 Å². The van der Waals surface area contributed by atoms with E-state index in [1.807, 2.05) is 108 Å². The van der Waals surface area contributed by atoms with Crippen LogP contribution in [0.1, 0.15) is 79.0 Å². The van der Waals surface area contributed by atoms with Crippen molar-refractivity contribution in [3.8, 4) is 0 Å². The van der Waals surface area contributed by atoms with Gasteiger partial charge in [0, 0.05) is 11.2 Å². The summed E-state index contributed by atoms with van der Waals surface area (Å²) < 4.78 is 5.49. The van der Waals surface area contributed by atoms with Gasteiger partial charge in [0.25, 0.3) is 5.91 Å². The molecule has 0 saturated carbocycles. The topological polar surface area (TPSA) is 87.7 Å². The fourth-order valence-electron chi connectivity index (χ4n) is 4.80. The summed E-state index contributed by atoms with van der Waals surface area (Å²) in [7, 11) is 0. The summed E-state index contributed by atoms with van der Waals surface area (Å²) in [5, 5.41) is 7.92. The average molecular weight is 560 g/mol. The Labute approximate surface area is 244 Å². The Hall–Kier alpha value is -3.87. The number of ether oxygens (including phenoxy) is 1. The molecule has 220 valence electrons. The molecule has 3 amide bonds. The molecule has 0 bridgehead atoms. The second kappa shape index (κ2) is 12.8. The second-order valence-electron chi connectivity index (χ2n) is 13.1. The van der Waals surface area contributed by atoms with Crippen LogP contribution in [-0.4, -0.2) is 40.0 Å². The van der Waals surface area contributed by atoms with E-state index in [9.17, 15) is 14.4 Å². The molecule has 3 rings (SSSR count). The van der Waals surface area contributed by atoms with Gasteiger partial charge in [0.05, 0.1) is 0 Å².